The number of rotatable bonds is 15. The molecule has 33 heavy (non-hydrogen) atoms. The van der Waals surface area contributed by atoms with Gasteiger partial charge in [0, 0.05) is 6.42 Å². The summed E-state index contributed by atoms with van der Waals surface area (Å²) in [5.41, 5.74) is 10.6. The van der Waals surface area contributed by atoms with Gasteiger partial charge in [0.15, 0.2) is 0 Å². The third-order valence-corrected chi connectivity index (χ3v) is 4.29. The third-order valence-electron chi connectivity index (χ3n) is 4.29. The van der Waals surface area contributed by atoms with Crippen molar-refractivity contribution in [3.63, 3.8) is 0 Å². The lowest BCUT2D eigenvalue weighted by molar-refractivity contribution is -0.145. The van der Waals surface area contributed by atoms with E-state index >= 15 is 0 Å². The van der Waals surface area contributed by atoms with Crippen molar-refractivity contribution in [1.29, 1.82) is 0 Å². The number of carboxylic acids is 3. The lowest BCUT2D eigenvalue weighted by atomic mass is 10.0. The Hall–Kier alpha value is -3.75. The second-order valence-corrected chi connectivity index (χ2v) is 7.50. The summed E-state index contributed by atoms with van der Waals surface area (Å²) in [5, 5.41) is 33.2. The Bertz CT molecular complexity index is 785. The van der Waals surface area contributed by atoms with E-state index in [1.54, 1.807) is 0 Å². The van der Waals surface area contributed by atoms with Gasteiger partial charge < -0.3 is 42.7 Å². The molecule has 0 spiro atoms. The molecule has 15 nitrogen and oxygen atoms in total. The van der Waals surface area contributed by atoms with Gasteiger partial charge in [-0.15, -0.1) is 0 Å². The molecule has 0 aliphatic rings. The van der Waals surface area contributed by atoms with Gasteiger partial charge in [-0.05, 0) is 12.3 Å². The van der Waals surface area contributed by atoms with Crippen molar-refractivity contribution in [1.82, 2.24) is 16.0 Å². The van der Waals surface area contributed by atoms with Crippen LogP contribution in [0.1, 0.15) is 39.5 Å². The molecule has 0 fully saturated rings. The second kappa shape index (κ2) is 13.6. The van der Waals surface area contributed by atoms with Crippen molar-refractivity contribution in [3.05, 3.63) is 0 Å². The van der Waals surface area contributed by atoms with E-state index < -0.39 is 90.9 Å². The average molecular weight is 475 g/mol. The van der Waals surface area contributed by atoms with Crippen molar-refractivity contribution in [2.75, 3.05) is 0 Å². The maximum Gasteiger partial charge on any atom is 0.326 e. The van der Waals surface area contributed by atoms with Crippen LogP contribution in [0, 0.1) is 5.92 Å². The van der Waals surface area contributed by atoms with Gasteiger partial charge in [0.25, 0.3) is 0 Å². The van der Waals surface area contributed by atoms with Gasteiger partial charge in [0.1, 0.15) is 18.1 Å². The summed E-state index contributed by atoms with van der Waals surface area (Å²) in [7, 11) is 0. The first-order chi connectivity index (χ1) is 15.1. The van der Waals surface area contributed by atoms with Gasteiger partial charge in [0.05, 0.1) is 18.9 Å². The highest BCUT2D eigenvalue weighted by Gasteiger charge is 2.33. The monoisotopic (exact) mass is 475 g/mol. The molecular weight excluding hydrogens is 446 g/mol. The van der Waals surface area contributed by atoms with E-state index in [4.69, 9.17) is 21.7 Å². The number of primary amides is 1. The quantitative estimate of drug-likeness (QED) is 0.116. The van der Waals surface area contributed by atoms with Gasteiger partial charge >= 0.3 is 17.9 Å². The first kappa shape index (κ1) is 29.2. The van der Waals surface area contributed by atoms with Crippen LogP contribution in [0.5, 0.6) is 0 Å². The Morgan fingerprint density at radius 3 is 1.67 bits per heavy atom. The molecule has 186 valence electrons. The molecular formula is C18H29N5O10. The van der Waals surface area contributed by atoms with Crippen LogP contribution in [0.4, 0.5) is 0 Å². The van der Waals surface area contributed by atoms with Gasteiger partial charge in [-0.25, -0.2) is 4.79 Å². The van der Waals surface area contributed by atoms with Crippen LogP contribution in [-0.2, 0) is 33.6 Å². The highest BCUT2D eigenvalue weighted by Crippen LogP contribution is 2.05. The highest BCUT2D eigenvalue weighted by atomic mass is 16.4. The van der Waals surface area contributed by atoms with Crippen molar-refractivity contribution >= 4 is 41.5 Å². The molecule has 0 heterocycles. The maximum absolute atomic E-state index is 12.6. The first-order valence-corrected chi connectivity index (χ1v) is 9.77. The van der Waals surface area contributed by atoms with Crippen LogP contribution in [0.3, 0.4) is 0 Å². The van der Waals surface area contributed by atoms with Crippen LogP contribution >= 0.6 is 0 Å². The van der Waals surface area contributed by atoms with E-state index in [2.05, 4.69) is 10.6 Å². The molecule has 4 amide bonds. The number of hydrogen-bond donors (Lipinski definition) is 8. The normalized spacial score (nSPS) is 14.3. The zero-order valence-electron chi connectivity index (χ0n) is 18.1. The predicted octanol–water partition coefficient (Wildman–Crippen LogP) is -3.28. The van der Waals surface area contributed by atoms with Gasteiger partial charge in [0.2, 0.25) is 23.6 Å². The number of carboxylic acid groups (broad SMARTS) is 3. The van der Waals surface area contributed by atoms with Gasteiger partial charge in [-0.3, -0.25) is 28.8 Å². The second-order valence-electron chi connectivity index (χ2n) is 7.50. The summed E-state index contributed by atoms with van der Waals surface area (Å²) in [6.45, 7) is 2.99. The van der Waals surface area contributed by atoms with E-state index in [1.165, 1.54) is 13.8 Å². The Kier molecular flexibility index (Phi) is 12.1. The Morgan fingerprint density at radius 1 is 0.758 bits per heavy atom. The van der Waals surface area contributed by atoms with E-state index in [1.807, 2.05) is 5.32 Å². The molecule has 0 aromatic rings. The molecule has 15 heteroatoms. The molecule has 0 rings (SSSR count). The van der Waals surface area contributed by atoms with Gasteiger partial charge in [-0.1, -0.05) is 13.8 Å². The smallest absolute Gasteiger partial charge is 0.326 e. The number of nitrogens with two attached hydrogens (primary N) is 2. The van der Waals surface area contributed by atoms with Crippen LogP contribution in [0.2, 0.25) is 0 Å². The minimum Gasteiger partial charge on any atom is -0.481 e. The SMILES string of the molecule is CC(C)C(NC(=O)C(CC(=O)O)NC(=O)C(CC(N)=O)NC(=O)C(N)CCC(=O)O)C(=O)O. The standard InChI is InChI=1S/C18H29N5O10/c1-7(2)14(18(32)33)23-17(31)10(6-13(27)28)22-16(30)9(5-11(20)24)21-15(29)8(19)3-4-12(25)26/h7-10,14H,3-6,19H2,1-2H3,(H2,20,24)(H,21,29)(H,22,30)(H,23,31)(H,25,26)(H,27,28)(H,32,33). The Balaban J connectivity index is 5.51. The lowest BCUT2D eigenvalue weighted by Gasteiger charge is -2.25. The van der Waals surface area contributed by atoms with Crippen LogP contribution in [0.25, 0.3) is 0 Å². The zero-order valence-corrected chi connectivity index (χ0v) is 18.1. The molecule has 4 unspecified atom stereocenters. The van der Waals surface area contributed by atoms with Crippen molar-refractivity contribution in [3.8, 4) is 0 Å². The minimum absolute atomic E-state index is 0.276. The number of amides is 4. The lowest BCUT2D eigenvalue weighted by Crippen LogP contribution is -2.58. The van der Waals surface area contributed by atoms with E-state index in [-0.39, 0.29) is 6.42 Å². The summed E-state index contributed by atoms with van der Waals surface area (Å²) in [6.07, 6.45) is -2.39. The van der Waals surface area contributed by atoms with E-state index in [9.17, 15) is 38.7 Å². The average Bonchev–Trinajstić information content (AvgIpc) is 2.67. The molecule has 0 saturated carbocycles. The Labute approximate surface area is 188 Å². The fourth-order valence-corrected chi connectivity index (χ4v) is 2.52. The molecule has 0 radical (unpaired) electrons. The Morgan fingerprint density at radius 2 is 1.24 bits per heavy atom. The molecule has 0 aliphatic carbocycles. The van der Waals surface area contributed by atoms with Crippen molar-refractivity contribution < 1.29 is 48.9 Å². The first-order valence-electron chi connectivity index (χ1n) is 9.77. The molecule has 0 aromatic heterocycles. The zero-order chi connectivity index (χ0) is 25.9. The summed E-state index contributed by atoms with van der Waals surface area (Å²) >= 11 is 0. The summed E-state index contributed by atoms with van der Waals surface area (Å²) in [4.78, 5) is 81.5. The molecule has 0 aliphatic heterocycles. The maximum atomic E-state index is 12.6. The molecule has 0 bridgehead atoms. The van der Waals surface area contributed by atoms with Crippen LogP contribution < -0.4 is 27.4 Å². The summed E-state index contributed by atoms with van der Waals surface area (Å²) in [5.74, 6) is -8.96. The van der Waals surface area contributed by atoms with Crippen LogP contribution in [0.15, 0.2) is 0 Å². The number of nitrogens with one attached hydrogen (secondary N) is 3. The largest absolute Gasteiger partial charge is 0.481 e. The summed E-state index contributed by atoms with van der Waals surface area (Å²) < 4.78 is 0. The van der Waals surface area contributed by atoms with Gasteiger partial charge in [-0.2, -0.15) is 0 Å². The van der Waals surface area contributed by atoms with E-state index in [0.717, 1.165) is 0 Å². The fourth-order valence-electron chi connectivity index (χ4n) is 2.52. The number of hydrogen-bond acceptors (Lipinski definition) is 8. The molecule has 0 saturated heterocycles. The number of carbonyl (C=O) groups is 7. The predicted molar refractivity (Wildman–Crippen MR) is 109 cm³/mol. The third kappa shape index (κ3) is 11.4. The van der Waals surface area contributed by atoms with E-state index in [0.29, 0.717) is 0 Å². The highest BCUT2D eigenvalue weighted by molar-refractivity contribution is 5.97. The fraction of sp³-hybridized carbons (Fsp3) is 0.611. The topological polar surface area (TPSA) is 268 Å². The number of carbonyl (C=O) groups excluding carboxylic acids is 4. The number of aliphatic carboxylic acids is 3. The van der Waals surface area contributed by atoms with Crippen LogP contribution in [-0.4, -0.2) is 81.0 Å². The summed E-state index contributed by atoms with van der Waals surface area (Å²) in [6, 6.07) is -6.12. The molecule has 0 aromatic carbocycles. The van der Waals surface area contributed by atoms with Crippen molar-refractivity contribution in [2.45, 2.75) is 63.7 Å². The van der Waals surface area contributed by atoms with Crippen molar-refractivity contribution in [2.24, 2.45) is 17.4 Å². The molecule has 10 N–H and O–H groups in total. The molecule has 4 atom stereocenters. The minimum atomic E-state index is -1.75.